The Morgan fingerprint density at radius 3 is 3.05 bits per heavy atom. The van der Waals surface area contributed by atoms with Gasteiger partial charge in [0.05, 0.1) is 6.20 Å². The Hall–Kier alpha value is -1.66. The largest absolute Gasteiger partial charge is 0.454 e. The van der Waals surface area contributed by atoms with Gasteiger partial charge in [0.25, 0.3) is 0 Å². The van der Waals surface area contributed by atoms with Gasteiger partial charge >= 0.3 is 0 Å². The summed E-state index contributed by atoms with van der Waals surface area (Å²) in [6, 6.07) is 5.81. The van der Waals surface area contributed by atoms with Gasteiger partial charge in [-0.2, -0.15) is 5.10 Å². The van der Waals surface area contributed by atoms with Gasteiger partial charge in [-0.3, -0.25) is 4.68 Å². The van der Waals surface area contributed by atoms with Crippen molar-refractivity contribution < 1.29 is 9.47 Å². The summed E-state index contributed by atoms with van der Waals surface area (Å²) in [6.07, 6.45) is 3.83. The van der Waals surface area contributed by atoms with Crippen molar-refractivity contribution in [3.8, 4) is 11.5 Å². The van der Waals surface area contributed by atoms with Gasteiger partial charge in [-0.1, -0.05) is 6.07 Å². The zero-order chi connectivity index (χ0) is 13.2. The van der Waals surface area contributed by atoms with E-state index in [1.807, 2.05) is 37.6 Å². The van der Waals surface area contributed by atoms with Crippen molar-refractivity contribution >= 4 is 11.8 Å². The van der Waals surface area contributed by atoms with Crippen molar-refractivity contribution in [1.82, 2.24) is 9.78 Å². The number of rotatable bonds is 4. The van der Waals surface area contributed by atoms with Crippen LogP contribution in [0.5, 0.6) is 11.5 Å². The average Bonchev–Trinajstić information content (AvgIpc) is 3.03. The summed E-state index contributed by atoms with van der Waals surface area (Å²) in [4.78, 5) is 1.12. The maximum Gasteiger partial charge on any atom is 0.231 e. The van der Waals surface area contributed by atoms with Crippen molar-refractivity contribution in [3.05, 3.63) is 36.2 Å². The molecule has 1 aromatic carbocycles. The van der Waals surface area contributed by atoms with Gasteiger partial charge in [-0.25, -0.2) is 0 Å². The molecule has 3 rings (SSSR count). The van der Waals surface area contributed by atoms with E-state index >= 15 is 0 Å². The van der Waals surface area contributed by atoms with Crippen LogP contribution in [0, 0.1) is 0 Å². The smallest absolute Gasteiger partial charge is 0.231 e. The van der Waals surface area contributed by atoms with Crippen LogP contribution in [-0.2, 0) is 7.05 Å². The SMILES string of the molecule is Cn1cc(SCC(N)c2ccc3c(c2)OCO3)cn1. The van der Waals surface area contributed by atoms with Gasteiger partial charge in [-0.15, -0.1) is 11.8 Å². The summed E-state index contributed by atoms with van der Waals surface area (Å²) < 4.78 is 12.4. The zero-order valence-corrected chi connectivity index (χ0v) is 11.4. The molecule has 0 saturated carbocycles. The van der Waals surface area contributed by atoms with Crippen molar-refractivity contribution in [2.45, 2.75) is 10.9 Å². The number of hydrogen-bond donors (Lipinski definition) is 1. The zero-order valence-electron chi connectivity index (χ0n) is 10.6. The molecule has 0 amide bonds. The quantitative estimate of drug-likeness (QED) is 0.865. The first-order valence-corrected chi connectivity index (χ1v) is 6.97. The molecule has 2 heterocycles. The second-order valence-electron chi connectivity index (χ2n) is 4.38. The van der Waals surface area contributed by atoms with Gasteiger partial charge in [-0.05, 0) is 17.7 Å². The van der Waals surface area contributed by atoms with E-state index < -0.39 is 0 Å². The fourth-order valence-electron chi connectivity index (χ4n) is 1.90. The second kappa shape index (κ2) is 5.14. The standard InChI is InChI=1S/C13H15N3O2S/c1-16-6-10(5-15-16)19-7-11(14)9-2-3-12-13(4-9)18-8-17-12/h2-6,11H,7-8,14H2,1H3. The Morgan fingerprint density at radius 2 is 2.26 bits per heavy atom. The number of aromatic nitrogens is 2. The second-order valence-corrected chi connectivity index (χ2v) is 5.47. The molecule has 0 radical (unpaired) electrons. The lowest BCUT2D eigenvalue weighted by atomic mass is 10.1. The topological polar surface area (TPSA) is 62.3 Å². The highest BCUT2D eigenvalue weighted by Crippen LogP contribution is 2.34. The molecule has 19 heavy (non-hydrogen) atoms. The molecule has 6 heteroatoms. The number of nitrogens with two attached hydrogens (primary N) is 1. The van der Waals surface area contributed by atoms with E-state index in [1.165, 1.54) is 0 Å². The van der Waals surface area contributed by atoms with Crippen molar-refractivity contribution in [3.63, 3.8) is 0 Å². The molecule has 2 aromatic rings. The summed E-state index contributed by atoms with van der Waals surface area (Å²) in [6.45, 7) is 0.290. The van der Waals surface area contributed by atoms with Crippen LogP contribution in [0.2, 0.25) is 0 Å². The highest BCUT2D eigenvalue weighted by atomic mass is 32.2. The molecule has 0 aliphatic carbocycles. The highest BCUT2D eigenvalue weighted by molar-refractivity contribution is 7.99. The molecular weight excluding hydrogens is 262 g/mol. The van der Waals surface area contributed by atoms with E-state index in [1.54, 1.807) is 16.4 Å². The van der Waals surface area contributed by atoms with E-state index in [-0.39, 0.29) is 6.04 Å². The maximum atomic E-state index is 6.20. The van der Waals surface area contributed by atoms with E-state index in [9.17, 15) is 0 Å². The molecule has 0 spiro atoms. The third kappa shape index (κ3) is 2.69. The molecular formula is C13H15N3O2S. The monoisotopic (exact) mass is 277 g/mol. The van der Waals surface area contributed by atoms with Crippen molar-refractivity contribution in [2.24, 2.45) is 12.8 Å². The predicted octanol–water partition coefficient (Wildman–Crippen LogP) is 1.94. The molecule has 5 nitrogen and oxygen atoms in total. The van der Waals surface area contributed by atoms with Crippen molar-refractivity contribution in [2.75, 3.05) is 12.5 Å². The molecule has 1 atom stereocenters. The molecule has 100 valence electrons. The third-order valence-electron chi connectivity index (χ3n) is 2.94. The lowest BCUT2D eigenvalue weighted by Crippen LogP contribution is -2.12. The summed E-state index contributed by atoms with van der Waals surface area (Å²) in [5.74, 6) is 2.36. The van der Waals surface area contributed by atoms with Crippen molar-refractivity contribution in [1.29, 1.82) is 0 Å². The lowest BCUT2D eigenvalue weighted by Gasteiger charge is -2.11. The summed E-state index contributed by atoms with van der Waals surface area (Å²) >= 11 is 1.70. The minimum atomic E-state index is -0.0419. The van der Waals surface area contributed by atoms with E-state index in [2.05, 4.69) is 5.10 Å². The van der Waals surface area contributed by atoms with Gasteiger partial charge in [0.2, 0.25) is 6.79 Å². The molecule has 1 aliphatic heterocycles. The fraction of sp³-hybridized carbons (Fsp3) is 0.308. The van der Waals surface area contributed by atoms with Crippen LogP contribution in [0.15, 0.2) is 35.5 Å². The van der Waals surface area contributed by atoms with E-state index in [0.717, 1.165) is 27.7 Å². The summed E-state index contributed by atoms with van der Waals surface area (Å²) in [7, 11) is 1.90. The van der Waals surface area contributed by atoms with E-state index in [0.29, 0.717) is 6.79 Å². The first-order valence-electron chi connectivity index (χ1n) is 5.99. The summed E-state index contributed by atoms with van der Waals surface area (Å²) in [5.41, 5.74) is 7.26. The number of thioether (sulfide) groups is 1. The minimum absolute atomic E-state index is 0.0419. The van der Waals surface area contributed by atoms with Gasteiger partial charge in [0.1, 0.15) is 0 Å². The van der Waals surface area contributed by atoms with Gasteiger partial charge < -0.3 is 15.2 Å². The Bertz CT molecular complexity index is 585. The third-order valence-corrected chi connectivity index (χ3v) is 4.01. The predicted molar refractivity (Wildman–Crippen MR) is 73.4 cm³/mol. The Morgan fingerprint density at radius 1 is 1.42 bits per heavy atom. The fourth-order valence-corrected chi connectivity index (χ4v) is 2.81. The molecule has 1 aromatic heterocycles. The Balaban J connectivity index is 1.65. The normalized spacial score (nSPS) is 14.6. The van der Waals surface area contributed by atoms with Crippen LogP contribution in [0.4, 0.5) is 0 Å². The van der Waals surface area contributed by atoms with Crippen LogP contribution in [0.25, 0.3) is 0 Å². The lowest BCUT2D eigenvalue weighted by molar-refractivity contribution is 0.174. The number of nitrogens with zero attached hydrogens (tertiary/aromatic N) is 2. The maximum absolute atomic E-state index is 6.20. The van der Waals surface area contributed by atoms with Crippen LogP contribution in [-0.4, -0.2) is 22.3 Å². The molecule has 1 aliphatic rings. The van der Waals surface area contributed by atoms with Crippen LogP contribution >= 0.6 is 11.8 Å². The van der Waals surface area contributed by atoms with Crippen LogP contribution in [0.1, 0.15) is 11.6 Å². The molecule has 2 N–H and O–H groups in total. The first kappa shape index (κ1) is 12.4. The number of benzene rings is 1. The average molecular weight is 277 g/mol. The number of aryl methyl sites for hydroxylation is 1. The molecule has 0 fully saturated rings. The Kier molecular flexibility index (Phi) is 3.35. The molecule has 0 saturated heterocycles. The van der Waals surface area contributed by atoms with E-state index in [4.69, 9.17) is 15.2 Å². The number of fused-ring (bicyclic) bond motifs is 1. The van der Waals surface area contributed by atoms with Gasteiger partial charge in [0, 0.05) is 29.9 Å². The number of hydrogen-bond acceptors (Lipinski definition) is 5. The van der Waals surface area contributed by atoms with Crippen LogP contribution in [0.3, 0.4) is 0 Å². The summed E-state index contributed by atoms with van der Waals surface area (Å²) in [5, 5.41) is 4.13. The highest BCUT2D eigenvalue weighted by Gasteiger charge is 2.16. The van der Waals surface area contributed by atoms with Crippen LogP contribution < -0.4 is 15.2 Å². The number of ether oxygens (including phenoxy) is 2. The minimum Gasteiger partial charge on any atom is -0.454 e. The Labute approximate surface area is 115 Å². The molecule has 0 bridgehead atoms. The van der Waals surface area contributed by atoms with Gasteiger partial charge in [0.15, 0.2) is 11.5 Å². The first-order chi connectivity index (χ1) is 9.22. The molecule has 1 unspecified atom stereocenters.